The number of primary amides is 1. The van der Waals surface area contributed by atoms with E-state index in [0.717, 1.165) is 11.1 Å². The number of pyridine rings is 1. The van der Waals surface area contributed by atoms with E-state index in [1.807, 2.05) is 31.2 Å². The summed E-state index contributed by atoms with van der Waals surface area (Å²) in [5.74, 6) is -0.747. The van der Waals surface area contributed by atoms with Crippen LogP contribution in [-0.4, -0.2) is 16.4 Å². The van der Waals surface area contributed by atoms with Crippen LogP contribution in [0.3, 0.4) is 0 Å². The first kappa shape index (κ1) is 20.6. The van der Waals surface area contributed by atoms with Crippen molar-refractivity contribution >= 4 is 39.9 Å². The van der Waals surface area contributed by atoms with Gasteiger partial charge in [-0.3, -0.25) is 14.4 Å². The highest BCUT2D eigenvalue weighted by Gasteiger charge is 2.18. The third kappa shape index (κ3) is 4.17. The van der Waals surface area contributed by atoms with E-state index < -0.39 is 11.9 Å². The topological polar surface area (TPSA) is 94.2 Å². The van der Waals surface area contributed by atoms with E-state index in [0.29, 0.717) is 22.3 Å². The lowest BCUT2D eigenvalue weighted by Crippen LogP contribution is -2.31. The summed E-state index contributed by atoms with van der Waals surface area (Å²) in [6.07, 6.45) is 1.52. The number of nitrogens with one attached hydrogen (secondary N) is 1. The number of carbonyl (C=O) groups is 2. The molecule has 3 rings (SSSR count). The van der Waals surface area contributed by atoms with Crippen LogP contribution in [0.5, 0.6) is 0 Å². The number of benzene rings is 2. The molecule has 0 saturated heterocycles. The monoisotopic (exact) mass is 411 g/mol. The number of hydrogen-bond donors (Lipinski definition) is 2. The van der Waals surface area contributed by atoms with Crippen molar-refractivity contribution in [3.63, 3.8) is 0 Å². The number of fused-ring (bicyclic) bond motifs is 1. The van der Waals surface area contributed by atoms with Gasteiger partial charge in [0.1, 0.15) is 6.04 Å². The van der Waals surface area contributed by atoms with Gasteiger partial charge in [-0.15, -0.1) is 11.6 Å². The summed E-state index contributed by atoms with van der Waals surface area (Å²) >= 11 is 5.81. The highest BCUT2D eigenvalue weighted by molar-refractivity contribution is 6.17. The first-order valence-corrected chi connectivity index (χ1v) is 9.75. The number of amides is 2. The van der Waals surface area contributed by atoms with Crippen molar-refractivity contribution in [3.8, 4) is 0 Å². The van der Waals surface area contributed by atoms with Crippen molar-refractivity contribution in [2.75, 3.05) is 5.32 Å². The molecule has 0 saturated carbocycles. The lowest BCUT2D eigenvalue weighted by atomic mass is 9.99. The molecule has 0 aliphatic carbocycles. The maximum atomic E-state index is 12.8. The van der Waals surface area contributed by atoms with Crippen LogP contribution in [0, 0.1) is 0 Å². The molecule has 1 aromatic heterocycles. The molecule has 0 bridgehead atoms. The standard InChI is InChI=1S/C22H22ClN3O3/c1-13(16-8-6-15(12-23)7-9-16)21(28)25-19-5-3-4-18-17(19)10-11-26(22(18)29)14(2)20(24)27/h3-11,13-14H,12H2,1-2H3,(H2,24,27)(H,25,28)/t13?,14-/m1/s1. The van der Waals surface area contributed by atoms with Crippen molar-refractivity contribution in [2.24, 2.45) is 5.73 Å². The van der Waals surface area contributed by atoms with Crippen molar-refractivity contribution in [1.29, 1.82) is 0 Å². The molecule has 3 N–H and O–H groups in total. The van der Waals surface area contributed by atoms with Crippen LogP contribution < -0.4 is 16.6 Å². The fourth-order valence-electron chi connectivity index (χ4n) is 3.13. The van der Waals surface area contributed by atoms with Crippen LogP contribution >= 0.6 is 11.6 Å². The largest absolute Gasteiger partial charge is 0.368 e. The molecule has 0 spiro atoms. The Morgan fingerprint density at radius 1 is 1.07 bits per heavy atom. The van der Waals surface area contributed by atoms with Crippen molar-refractivity contribution in [3.05, 3.63) is 76.2 Å². The normalized spacial score (nSPS) is 13.1. The van der Waals surface area contributed by atoms with E-state index in [1.54, 1.807) is 31.2 Å². The summed E-state index contributed by atoms with van der Waals surface area (Å²) in [6, 6.07) is 13.6. The molecule has 7 heteroatoms. The number of hydrogen-bond acceptors (Lipinski definition) is 3. The highest BCUT2D eigenvalue weighted by Crippen LogP contribution is 2.24. The molecule has 6 nitrogen and oxygen atoms in total. The maximum Gasteiger partial charge on any atom is 0.259 e. The molecular formula is C22H22ClN3O3. The van der Waals surface area contributed by atoms with Crippen LogP contribution in [0.1, 0.15) is 36.9 Å². The number of nitrogens with two attached hydrogens (primary N) is 1. The minimum atomic E-state index is -0.763. The van der Waals surface area contributed by atoms with E-state index in [2.05, 4.69) is 5.32 Å². The molecule has 0 radical (unpaired) electrons. The van der Waals surface area contributed by atoms with Gasteiger partial charge in [0, 0.05) is 28.5 Å². The molecule has 150 valence electrons. The Kier molecular flexibility index (Phi) is 6.03. The second-order valence-corrected chi connectivity index (χ2v) is 7.23. The Labute approximate surface area is 173 Å². The van der Waals surface area contributed by atoms with Crippen LogP contribution in [0.25, 0.3) is 10.8 Å². The van der Waals surface area contributed by atoms with Gasteiger partial charge in [0.15, 0.2) is 0 Å². The molecule has 29 heavy (non-hydrogen) atoms. The summed E-state index contributed by atoms with van der Waals surface area (Å²) in [5, 5.41) is 3.91. The van der Waals surface area contributed by atoms with E-state index in [9.17, 15) is 14.4 Å². The zero-order valence-corrected chi connectivity index (χ0v) is 16.9. The van der Waals surface area contributed by atoms with E-state index in [-0.39, 0.29) is 17.4 Å². The second-order valence-electron chi connectivity index (χ2n) is 6.96. The molecule has 0 aliphatic rings. The number of aromatic nitrogens is 1. The predicted octanol–water partition coefficient (Wildman–Crippen LogP) is 3.53. The SMILES string of the molecule is CC(C(=O)Nc1cccc2c(=O)n([C@H](C)C(N)=O)ccc12)c1ccc(CCl)cc1. The minimum absolute atomic E-state index is 0.189. The number of halogens is 1. The Bertz CT molecular complexity index is 1120. The molecule has 2 atom stereocenters. The Hall–Kier alpha value is -3.12. The zero-order chi connectivity index (χ0) is 21.1. The van der Waals surface area contributed by atoms with Gasteiger partial charge >= 0.3 is 0 Å². The summed E-state index contributed by atoms with van der Waals surface area (Å²) in [7, 11) is 0. The lowest BCUT2D eigenvalue weighted by molar-refractivity contribution is -0.120. The number of nitrogens with zero attached hydrogens (tertiary/aromatic N) is 1. The van der Waals surface area contributed by atoms with Crippen LogP contribution in [0.15, 0.2) is 59.5 Å². The quantitative estimate of drug-likeness (QED) is 0.607. The number of rotatable bonds is 6. The van der Waals surface area contributed by atoms with Gasteiger partial charge < -0.3 is 15.6 Å². The fraction of sp³-hybridized carbons (Fsp3) is 0.227. The smallest absolute Gasteiger partial charge is 0.259 e. The third-order valence-corrected chi connectivity index (χ3v) is 5.40. The molecule has 2 aromatic carbocycles. The van der Waals surface area contributed by atoms with Crippen molar-refractivity contribution < 1.29 is 9.59 Å². The van der Waals surface area contributed by atoms with Gasteiger partial charge in [-0.1, -0.05) is 30.3 Å². The van der Waals surface area contributed by atoms with Gasteiger partial charge in [-0.25, -0.2) is 0 Å². The molecule has 3 aromatic rings. The lowest BCUT2D eigenvalue weighted by Gasteiger charge is -2.16. The molecule has 0 fully saturated rings. The Morgan fingerprint density at radius 3 is 2.38 bits per heavy atom. The fourth-order valence-corrected chi connectivity index (χ4v) is 3.31. The minimum Gasteiger partial charge on any atom is -0.368 e. The molecule has 2 amide bonds. The Morgan fingerprint density at radius 2 is 1.76 bits per heavy atom. The number of anilines is 1. The summed E-state index contributed by atoms with van der Waals surface area (Å²) < 4.78 is 1.29. The van der Waals surface area contributed by atoms with E-state index >= 15 is 0 Å². The Balaban J connectivity index is 1.91. The summed E-state index contributed by atoms with van der Waals surface area (Å²) in [5.41, 5.74) is 7.37. The number of carbonyl (C=O) groups excluding carboxylic acids is 2. The summed E-state index contributed by atoms with van der Waals surface area (Å²) in [6.45, 7) is 3.38. The average Bonchev–Trinajstić information content (AvgIpc) is 2.73. The zero-order valence-electron chi connectivity index (χ0n) is 16.2. The second kappa shape index (κ2) is 8.49. The van der Waals surface area contributed by atoms with E-state index in [4.69, 9.17) is 17.3 Å². The van der Waals surface area contributed by atoms with Crippen molar-refractivity contribution in [1.82, 2.24) is 4.57 Å². The number of alkyl halides is 1. The van der Waals surface area contributed by atoms with Crippen LogP contribution in [0.4, 0.5) is 5.69 Å². The highest BCUT2D eigenvalue weighted by atomic mass is 35.5. The first-order valence-electron chi connectivity index (χ1n) is 9.22. The van der Waals surface area contributed by atoms with Crippen LogP contribution in [0.2, 0.25) is 0 Å². The average molecular weight is 412 g/mol. The third-order valence-electron chi connectivity index (χ3n) is 5.09. The van der Waals surface area contributed by atoms with Crippen LogP contribution in [-0.2, 0) is 15.5 Å². The van der Waals surface area contributed by atoms with Gasteiger partial charge in [0.2, 0.25) is 11.8 Å². The molecular weight excluding hydrogens is 390 g/mol. The molecule has 1 heterocycles. The van der Waals surface area contributed by atoms with Gasteiger partial charge in [0.05, 0.1) is 5.92 Å². The predicted molar refractivity (Wildman–Crippen MR) is 115 cm³/mol. The molecule has 1 unspecified atom stereocenters. The first-order chi connectivity index (χ1) is 13.8. The molecule has 0 aliphatic heterocycles. The van der Waals surface area contributed by atoms with Gasteiger partial charge in [-0.05, 0) is 43.2 Å². The van der Waals surface area contributed by atoms with Gasteiger partial charge in [-0.2, -0.15) is 0 Å². The van der Waals surface area contributed by atoms with Gasteiger partial charge in [0.25, 0.3) is 5.56 Å². The van der Waals surface area contributed by atoms with Crippen molar-refractivity contribution in [2.45, 2.75) is 31.7 Å². The van der Waals surface area contributed by atoms with E-state index in [1.165, 1.54) is 10.8 Å². The maximum absolute atomic E-state index is 12.8. The summed E-state index contributed by atoms with van der Waals surface area (Å²) in [4.78, 5) is 37.0.